The van der Waals surface area contributed by atoms with Crippen molar-refractivity contribution in [1.82, 2.24) is 15.2 Å². The number of ether oxygens (including phenoxy) is 1. The van der Waals surface area contributed by atoms with Gasteiger partial charge >= 0.3 is 0 Å². The number of nitrogens with one attached hydrogen (secondary N) is 2. The van der Waals surface area contributed by atoms with Crippen molar-refractivity contribution in [3.05, 3.63) is 70.4 Å². The molecule has 2 aliphatic rings. The van der Waals surface area contributed by atoms with Gasteiger partial charge in [-0.1, -0.05) is 36.4 Å². The average Bonchev–Trinajstić information content (AvgIpc) is 3.17. The lowest BCUT2D eigenvalue weighted by Crippen LogP contribution is -2.40. The summed E-state index contributed by atoms with van der Waals surface area (Å²) in [5.74, 6) is -0.0170. The lowest BCUT2D eigenvalue weighted by molar-refractivity contribution is -0.0212. The Balaban J connectivity index is 1.27. The number of rotatable bonds is 5. The van der Waals surface area contributed by atoms with Gasteiger partial charge in [-0.25, -0.2) is 0 Å². The monoisotopic (exact) mass is 417 g/mol. The maximum Gasteiger partial charge on any atom is 0.253 e. The van der Waals surface area contributed by atoms with Gasteiger partial charge in [-0.3, -0.25) is 9.69 Å². The summed E-state index contributed by atoms with van der Waals surface area (Å²) in [7, 11) is 0. The number of hydrogen-bond acceptors (Lipinski definition) is 3. The van der Waals surface area contributed by atoms with E-state index in [-0.39, 0.29) is 12.0 Å². The number of carbonyl (C=O) groups is 1. The van der Waals surface area contributed by atoms with Gasteiger partial charge in [0.25, 0.3) is 5.91 Å². The van der Waals surface area contributed by atoms with E-state index >= 15 is 0 Å². The Morgan fingerprint density at radius 1 is 1.16 bits per heavy atom. The lowest BCUT2D eigenvalue weighted by atomic mass is 9.95. The van der Waals surface area contributed by atoms with E-state index in [4.69, 9.17) is 4.74 Å². The number of fused-ring (bicyclic) bond motifs is 3. The first kappa shape index (κ1) is 20.3. The van der Waals surface area contributed by atoms with Crippen molar-refractivity contribution in [2.45, 2.75) is 51.8 Å². The molecule has 1 unspecified atom stereocenters. The Labute approximate surface area is 183 Å². The van der Waals surface area contributed by atoms with E-state index in [1.165, 1.54) is 35.0 Å². The molecule has 31 heavy (non-hydrogen) atoms. The molecule has 5 nitrogen and oxygen atoms in total. The molecule has 0 saturated carbocycles. The van der Waals surface area contributed by atoms with Crippen LogP contribution < -0.4 is 5.32 Å². The molecule has 0 spiro atoms. The van der Waals surface area contributed by atoms with Crippen LogP contribution >= 0.6 is 0 Å². The normalized spacial score (nSPS) is 19.3. The van der Waals surface area contributed by atoms with Gasteiger partial charge in [0.1, 0.15) is 0 Å². The molecule has 2 heterocycles. The number of aromatic amines is 1. The molecule has 3 aromatic rings. The summed E-state index contributed by atoms with van der Waals surface area (Å²) in [5.41, 5.74) is 6.85. The van der Waals surface area contributed by atoms with Crippen LogP contribution in [0.15, 0.2) is 42.5 Å². The van der Waals surface area contributed by atoms with Crippen LogP contribution in [0.25, 0.3) is 10.9 Å². The number of H-pyrrole nitrogens is 1. The molecule has 1 atom stereocenters. The highest BCUT2D eigenvalue weighted by atomic mass is 16.5. The second kappa shape index (κ2) is 8.85. The van der Waals surface area contributed by atoms with Crippen LogP contribution in [0.2, 0.25) is 0 Å². The number of aromatic nitrogens is 1. The second-order valence-corrected chi connectivity index (χ2v) is 8.94. The summed E-state index contributed by atoms with van der Waals surface area (Å²) in [6, 6.07) is 14.6. The molecule has 1 saturated heterocycles. The summed E-state index contributed by atoms with van der Waals surface area (Å²) in [4.78, 5) is 19.0. The van der Waals surface area contributed by atoms with E-state index in [0.717, 1.165) is 55.7 Å². The molecule has 1 aromatic heterocycles. The standard InChI is InChI=1S/C26H31N3O2/c1-18-16-29(12-13-31-18)17-20-7-4-6-19(14-20)15-27-26(30)23-10-5-9-22-21-8-2-3-11-24(21)28-25(22)23/h4-7,9-10,14,18,28H,2-3,8,11-13,15-17H2,1H3,(H,27,30). The van der Waals surface area contributed by atoms with Crippen LogP contribution in [0.5, 0.6) is 0 Å². The first-order chi connectivity index (χ1) is 15.2. The minimum absolute atomic E-state index is 0.0170. The smallest absolute Gasteiger partial charge is 0.253 e. The van der Waals surface area contributed by atoms with Crippen molar-refractivity contribution in [2.24, 2.45) is 0 Å². The van der Waals surface area contributed by atoms with E-state index in [1.54, 1.807) is 0 Å². The summed E-state index contributed by atoms with van der Waals surface area (Å²) in [5, 5.41) is 4.35. The zero-order valence-corrected chi connectivity index (χ0v) is 18.2. The highest BCUT2D eigenvalue weighted by Gasteiger charge is 2.19. The first-order valence-electron chi connectivity index (χ1n) is 11.5. The Morgan fingerprint density at radius 3 is 2.90 bits per heavy atom. The van der Waals surface area contributed by atoms with Crippen LogP contribution in [-0.4, -0.2) is 41.6 Å². The Morgan fingerprint density at radius 2 is 2.00 bits per heavy atom. The third-order valence-corrected chi connectivity index (χ3v) is 6.55. The SMILES string of the molecule is CC1CN(Cc2cccc(CNC(=O)c3cccc4c5c([nH]c34)CCCC5)c2)CCO1. The van der Waals surface area contributed by atoms with Crippen molar-refractivity contribution < 1.29 is 9.53 Å². The number of para-hydroxylation sites is 1. The minimum Gasteiger partial charge on any atom is -0.376 e. The Hall–Kier alpha value is -2.63. The Kier molecular flexibility index (Phi) is 5.79. The molecule has 1 aliphatic carbocycles. The third-order valence-electron chi connectivity index (χ3n) is 6.55. The van der Waals surface area contributed by atoms with Crippen molar-refractivity contribution in [2.75, 3.05) is 19.7 Å². The van der Waals surface area contributed by atoms with Gasteiger partial charge < -0.3 is 15.0 Å². The fourth-order valence-corrected chi connectivity index (χ4v) is 5.03. The van der Waals surface area contributed by atoms with Crippen molar-refractivity contribution >= 4 is 16.8 Å². The molecule has 1 fully saturated rings. The number of carbonyl (C=O) groups excluding carboxylic acids is 1. The maximum atomic E-state index is 13.0. The number of morpholine rings is 1. The highest BCUT2D eigenvalue weighted by molar-refractivity contribution is 6.06. The number of amides is 1. The predicted molar refractivity (Wildman–Crippen MR) is 123 cm³/mol. The van der Waals surface area contributed by atoms with Crippen molar-refractivity contribution in [3.63, 3.8) is 0 Å². The fraction of sp³-hybridized carbons (Fsp3) is 0.423. The predicted octanol–water partition coefficient (Wildman–Crippen LogP) is 4.20. The molecule has 162 valence electrons. The Bertz CT molecular complexity index is 1090. The third kappa shape index (κ3) is 4.39. The highest BCUT2D eigenvalue weighted by Crippen LogP contribution is 2.30. The molecule has 1 amide bonds. The molecule has 5 heteroatoms. The van der Waals surface area contributed by atoms with Crippen LogP contribution in [0.4, 0.5) is 0 Å². The first-order valence-corrected chi connectivity index (χ1v) is 11.5. The number of aryl methyl sites for hydroxylation is 2. The molecule has 0 radical (unpaired) electrons. The maximum absolute atomic E-state index is 13.0. The second-order valence-electron chi connectivity index (χ2n) is 8.94. The van der Waals surface area contributed by atoms with E-state index < -0.39 is 0 Å². The molecule has 0 bridgehead atoms. The molecular weight excluding hydrogens is 386 g/mol. The van der Waals surface area contributed by atoms with Crippen LogP contribution in [-0.2, 0) is 30.7 Å². The van der Waals surface area contributed by atoms with E-state index in [0.29, 0.717) is 6.54 Å². The molecular formula is C26H31N3O2. The summed E-state index contributed by atoms with van der Waals surface area (Å²) < 4.78 is 5.64. The number of benzene rings is 2. The van der Waals surface area contributed by atoms with Gasteiger partial charge in [-0.05, 0) is 55.4 Å². The van der Waals surface area contributed by atoms with Crippen LogP contribution in [0, 0.1) is 0 Å². The molecule has 2 N–H and O–H groups in total. The summed E-state index contributed by atoms with van der Waals surface area (Å²) >= 11 is 0. The van der Waals surface area contributed by atoms with E-state index in [1.807, 2.05) is 12.1 Å². The number of hydrogen-bond donors (Lipinski definition) is 2. The van der Waals surface area contributed by atoms with Gasteiger partial charge in [0, 0.05) is 37.3 Å². The lowest BCUT2D eigenvalue weighted by Gasteiger charge is -2.31. The summed E-state index contributed by atoms with van der Waals surface area (Å²) in [6.45, 7) is 6.30. The van der Waals surface area contributed by atoms with Crippen LogP contribution in [0.1, 0.15) is 52.5 Å². The average molecular weight is 418 g/mol. The van der Waals surface area contributed by atoms with Crippen molar-refractivity contribution in [3.8, 4) is 0 Å². The van der Waals surface area contributed by atoms with Crippen LogP contribution in [0.3, 0.4) is 0 Å². The molecule has 2 aromatic carbocycles. The zero-order valence-electron chi connectivity index (χ0n) is 18.2. The quantitative estimate of drug-likeness (QED) is 0.654. The van der Waals surface area contributed by atoms with Gasteiger partial charge in [-0.15, -0.1) is 0 Å². The van der Waals surface area contributed by atoms with E-state index in [9.17, 15) is 4.79 Å². The topological polar surface area (TPSA) is 57.4 Å². The summed E-state index contributed by atoms with van der Waals surface area (Å²) in [6.07, 6.45) is 4.93. The fourth-order valence-electron chi connectivity index (χ4n) is 5.03. The van der Waals surface area contributed by atoms with Gasteiger partial charge in [0.15, 0.2) is 0 Å². The van der Waals surface area contributed by atoms with Gasteiger partial charge in [0.05, 0.1) is 23.8 Å². The number of nitrogens with zero attached hydrogens (tertiary/aromatic N) is 1. The van der Waals surface area contributed by atoms with Gasteiger partial charge in [0.2, 0.25) is 0 Å². The van der Waals surface area contributed by atoms with Crippen molar-refractivity contribution in [1.29, 1.82) is 0 Å². The molecule has 5 rings (SSSR count). The molecule has 1 aliphatic heterocycles. The zero-order chi connectivity index (χ0) is 21.2. The van der Waals surface area contributed by atoms with E-state index in [2.05, 4.69) is 52.5 Å². The van der Waals surface area contributed by atoms with Gasteiger partial charge in [-0.2, -0.15) is 0 Å². The largest absolute Gasteiger partial charge is 0.376 e. The minimum atomic E-state index is -0.0170.